The van der Waals surface area contributed by atoms with Gasteiger partial charge in [0.15, 0.2) is 11.5 Å². The van der Waals surface area contributed by atoms with Crippen LogP contribution in [0.25, 0.3) is 0 Å². The molecular weight excluding hydrogens is 324 g/mol. The maximum absolute atomic E-state index is 10.6. The number of halogens is 1. The average molecular weight is 337 g/mol. The molecule has 7 nitrogen and oxygen atoms in total. The first kappa shape index (κ1) is 16.6. The number of non-ortho nitro benzene ring substituents is 1. The zero-order chi connectivity index (χ0) is 16.8. The predicted molar refractivity (Wildman–Crippen MR) is 84.8 cm³/mol. The number of ether oxygens (including phenoxy) is 2. The summed E-state index contributed by atoms with van der Waals surface area (Å²) >= 11 is 6.14. The van der Waals surface area contributed by atoms with Crippen molar-refractivity contribution in [2.45, 2.75) is 6.61 Å². The van der Waals surface area contributed by atoms with Crippen molar-refractivity contribution in [1.82, 2.24) is 0 Å². The largest absolute Gasteiger partial charge is 0.493 e. The van der Waals surface area contributed by atoms with E-state index in [1.165, 1.54) is 25.5 Å². The van der Waals surface area contributed by atoms with Crippen LogP contribution in [-0.2, 0) is 6.61 Å². The van der Waals surface area contributed by atoms with Crippen LogP contribution in [0.4, 0.5) is 5.69 Å². The van der Waals surface area contributed by atoms with Gasteiger partial charge in [-0.25, -0.2) is 0 Å². The number of oxime groups is 1. The Labute approximate surface area is 136 Å². The van der Waals surface area contributed by atoms with Crippen LogP contribution in [0.15, 0.2) is 41.6 Å². The third-order valence-electron chi connectivity index (χ3n) is 2.99. The Morgan fingerprint density at radius 3 is 2.61 bits per heavy atom. The number of benzene rings is 2. The molecule has 0 radical (unpaired) electrons. The first-order valence-electron chi connectivity index (χ1n) is 6.46. The number of methoxy groups -OCH3 is 1. The minimum atomic E-state index is -0.466. The maximum Gasteiger partial charge on any atom is 0.269 e. The minimum absolute atomic E-state index is 0.0111. The molecule has 0 unspecified atom stereocenters. The smallest absolute Gasteiger partial charge is 0.269 e. The molecule has 0 saturated carbocycles. The molecule has 2 aromatic rings. The number of nitrogens with zero attached hydrogens (tertiary/aromatic N) is 2. The van der Waals surface area contributed by atoms with E-state index in [9.17, 15) is 10.1 Å². The van der Waals surface area contributed by atoms with E-state index in [1.54, 1.807) is 24.3 Å². The summed E-state index contributed by atoms with van der Waals surface area (Å²) < 4.78 is 10.9. The molecule has 0 heterocycles. The molecule has 1 N–H and O–H groups in total. The Balaban J connectivity index is 2.18. The van der Waals surface area contributed by atoms with E-state index in [4.69, 9.17) is 26.3 Å². The van der Waals surface area contributed by atoms with Gasteiger partial charge in [-0.2, -0.15) is 0 Å². The average Bonchev–Trinajstić information content (AvgIpc) is 2.54. The lowest BCUT2D eigenvalue weighted by Gasteiger charge is -2.13. The van der Waals surface area contributed by atoms with Gasteiger partial charge in [0.2, 0.25) is 0 Å². The van der Waals surface area contributed by atoms with Crippen LogP contribution in [0.5, 0.6) is 11.5 Å². The normalized spacial score (nSPS) is 10.7. The van der Waals surface area contributed by atoms with Crippen LogP contribution < -0.4 is 9.47 Å². The van der Waals surface area contributed by atoms with Crippen molar-refractivity contribution in [1.29, 1.82) is 0 Å². The standard InChI is InChI=1S/C15H13ClN2O5/c1-22-14-7-11(8-17-19)6-13(16)15(14)23-9-10-2-4-12(5-3-10)18(20)21/h2-8,19H,9H2,1H3. The fourth-order valence-corrected chi connectivity index (χ4v) is 2.16. The molecule has 2 aromatic carbocycles. The number of hydrogen-bond donors (Lipinski definition) is 1. The molecule has 0 amide bonds. The van der Waals surface area contributed by atoms with Gasteiger partial charge in [0.05, 0.1) is 23.3 Å². The SMILES string of the molecule is COc1cc(C=NO)cc(Cl)c1OCc1ccc([N+](=O)[O-])cc1. The van der Waals surface area contributed by atoms with E-state index in [-0.39, 0.29) is 12.3 Å². The first-order valence-corrected chi connectivity index (χ1v) is 6.84. The van der Waals surface area contributed by atoms with Crippen LogP contribution in [0.3, 0.4) is 0 Å². The van der Waals surface area contributed by atoms with E-state index in [0.717, 1.165) is 5.56 Å². The third kappa shape index (κ3) is 4.10. The second-order valence-electron chi connectivity index (χ2n) is 4.49. The molecule has 0 bridgehead atoms. The fourth-order valence-electron chi connectivity index (χ4n) is 1.89. The summed E-state index contributed by atoms with van der Waals surface area (Å²) in [4.78, 5) is 10.2. The predicted octanol–water partition coefficient (Wildman–Crippen LogP) is 3.64. The number of nitro benzene ring substituents is 1. The van der Waals surface area contributed by atoms with Crippen molar-refractivity contribution in [3.8, 4) is 11.5 Å². The van der Waals surface area contributed by atoms with Gasteiger partial charge < -0.3 is 14.7 Å². The van der Waals surface area contributed by atoms with Gasteiger partial charge in [-0.1, -0.05) is 16.8 Å². The molecule has 0 aromatic heterocycles. The lowest BCUT2D eigenvalue weighted by atomic mass is 10.2. The number of hydrogen-bond acceptors (Lipinski definition) is 6. The van der Waals surface area contributed by atoms with Crippen molar-refractivity contribution in [2.75, 3.05) is 7.11 Å². The second-order valence-corrected chi connectivity index (χ2v) is 4.90. The molecule has 120 valence electrons. The summed E-state index contributed by atoms with van der Waals surface area (Å²) in [6.45, 7) is 0.168. The quantitative estimate of drug-likeness (QED) is 0.376. The highest BCUT2D eigenvalue weighted by molar-refractivity contribution is 6.32. The van der Waals surface area contributed by atoms with Gasteiger partial charge >= 0.3 is 0 Å². The highest BCUT2D eigenvalue weighted by Gasteiger charge is 2.12. The van der Waals surface area contributed by atoms with Crippen LogP contribution in [0, 0.1) is 10.1 Å². The van der Waals surface area contributed by atoms with Crippen LogP contribution in [0.1, 0.15) is 11.1 Å². The van der Waals surface area contributed by atoms with E-state index in [1.807, 2.05) is 0 Å². The Kier molecular flexibility index (Phi) is 5.37. The Morgan fingerprint density at radius 1 is 1.35 bits per heavy atom. The molecule has 0 aliphatic heterocycles. The molecule has 0 saturated heterocycles. The summed E-state index contributed by atoms with van der Waals surface area (Å²) in [7, 11) is 1.46. The van der Waals surface area contributed by atoms with Gasteiger partial charge in [-0.3, -0.25) is 10.1 Å². The van der Waals surface area contributed by atoms with Crippen LogP contribution in [0.2, 0.25) is 5.02 Å². The van der Waals surface area contributed by atoms with Gasteiger partial charge in [-0.15, -0.1) is 0 Å². The summed E-state index contributed by atoms with van der Waals surface area (Å²) in [5.74, 6) is 0.719. The Hall–Kier alpha value is -2.80. The number of rotatable bonds is 6. The van der Waals surface area contributed by atoms with E-state index in [0.29, 0.717) is 22.1 Å². The van der Waals surface area contributed by atoms with Crippen molar-refractivity contribution < 1.29 is 19.6 Å². The molecule has 2 rings (SSSR count). The first-order chi connectivity index (χ1) is 11.0. The van der Waals surface area contributed by atoms with Crippen molar-refractivity contribution in [3.05, 3.63) is 62.7 Å². The monoisotopic (exact) mass is 336 g/mol. The minimum Gasteiger partial charge on any atom is -0.493 e. The van der Waals surface area contributed by atoms with Crippen LogP contribution >= 0.6 is 11.6 Å². The summed E-state index contributed by atoms with van der Waals surface area (Å²) in [5.41, 5.74) is 1.31. The van der Waals surface area contributed by atoms with Gasteiger partial charge in [0.25, 0.3) is 5.69 Å². The van der Waals surface area contributed by atoms with Gasteiger partial charge in [0, 0.05) is 17.7 Å². The van der Waals surface area contributed by atoms with Crippen molar-refractivity contribution >= 4 is 23.5 Å². The molecule has 0 aliphatic carbocycles. The zero-order valence-electron chi connectivity index (χ0n) is 12.1. The second kappa shape index (κ2) is 7.46. The van der Waals surface area contributed by atoms with E-state index in [2.05, 4.69) is 5.16 Å². The Morgan fingerprint density at radius 2 is 2.04 bits per heavy atom. The molecule has 0 aliphatic rings. The highest BCUT2D eigenvalue weighted by atomic mass is 35.5. The summed E-state index contributed by atoms with van der Waals surface area (Å²) in [5, 5.41) is 22.4. The maximum atomic E-state index is 10.6. The third-order valence-corrected chi connectivity index (χ3v) is 3.27. The fraction of sp³-hybridized carbons (Fsp3) is 0.133. The molecular formula is C15H13ClN2O5. The van der Waals surface area contributed by atoms with Crippen molar-refractivity contribution in [2.24, 2.45) is 5.16 Å². The molecule has 8 heteroatoms. The lowest BCUT2D eigenvalue weighted by molar-refractivity contribution is -0.384. The topological polar surface area (TPSA) is 94.2 Å². The lowest BCUT2D eigenvalue weighted by Crippen LogP contribution is -2.00. The molecule has 0 atom stereocenters. The summed E-state index contributed by atoms with van der Waals surface area (Å²) in [6, 6.07) is 9.18. The highest BCUT2D eigenvalue weighted by Crippen LogP contribution is 2.36. The van der Waals surface area contributed by atoms with E-state index < -0.39 is 4.92 Å². The Bertz CT molecular complexity index is 731. The molecule has 23 heavy (non-hydrogen) atoms. The van der Waals surface area contributed by atoms with Crippen molar-refractivity contribution in [3.63, 3.8) is 0 Å². The molecule has 0 fully saturated rings. The van der Waals surface area contributed by atoms with Crippen LogP contribution in [-0.4, -0.2) is 23.5 Å². The van der Waals surface area contributed by atoms with E-state index >= 15 is 0 Å². The number of nitro groups is 1. The molecule has 0 spiro atoms. The van der Waals surface area contributed by atoms with Gasteiger partial charge in [0.1, 0.15) is 6.61 Å². The summed E-state index contributed by atoms with van der Waals surface area (Å²) in [6.07, 6.45) is 1.22. The zero-order valence-corrected chi connectivity index (χ0v) is 12.9. The van der Waals surface area contributed by atoms with Gasteiger partial charge in [-0.05, 0) is 29.8 Å².